The van der Waals surface area contributed by atoms with E-state index in [0.29, 0.717) is 17.1 Å². The van der Waals surface area contributed by atoms with Crippen molar-refractivity contribution in [1.82, 2.24) is 4.90 Å². The summed E-state index contributed by atoms with van der Waals surface area (Å²) < 4.78 is 0. The maximum atomic E-state index is 11.1. The fourth-order valence-corrected chi connectivity index (χ4v) is 7.46. The van der Waals surface area contributed by atoms with Gasteiger partial charge >= 0.3 is 0 Å². The molecule has 1 aromatic carbocycles. The zero-order valence-corrected chi connectivity index (χ0v) is 16.2. The molecule has 140 valence electrons. The van der Waals surface area contributed by atoms with Crippen LogP contribution in [0.15, 0.2) is 18.2 Å². The zero-order valence-electron chi connectivity index (χ0n) is 15.4. The van der Waals surface area contributed by atoms with Gasteiger partial charge in [-0.15, -0.1) is 11.8 Å². The molecule has 1 aromatic rings. The third kappa shape index (κ3) is 2.48. The molecule has 0 amide bonds. The van der Waals surface area contributed by atoms with Crippen molar-refractivity contribution in [2.75, 3.05) is 10.7 Å². The Hall–Kier alpha value is -1.27. The highest BCUT2D eigenvalue weighted by Crippen LogP contribution is 2.57. The summed E-state index contributed by atoms with van der Waals surface area (Å²) in [6.45, 7) is 2.02. The van der Waals surface area contributed by atoms with E-state index >= 15 is 0 Å². The standard InChI is InChI=1S/C20H27N3O2S/c1-14-12-16(23(24)25)8-9-17(14)21-18-19(21)26-13-20(10-4-5-11-20)22(18)15-6-2-3-7-15/h8-9,12,15,18-19H,2-7,10-11,13H2,1H3. The second kappa shape index (κ2) is 6.13. The molecule has 0 bridgehead atoms. The Labute approximate surface area is 159 Å². The largest absolute Gasteiger partial charge is 0.337 e. The summed E-state index contributed by atoms with van der Waals surface area (Å²) in [7, 11) is 0. The molecule has 2 saturated heterocycles. The second-order valence-corrected chi connectivity index (χ2v) is 9.63. The molecule has 1 spiro atoms. The number of fused-ring (bicyclic) bond motifs is 1. The molecule has 2 aliphatic carbocycles. The second-order valence-electron chi connectivity index (χ2n) is 8.53. The quantitative estimate of drug-likeness (QED) is 0.437. The van der Waals surface area contributed by atoms with Crippen molar-refractivity contribution in [3.63, 3.8) is 0 Å². The Morgan fingerprint density at radius 1 is 1.19 bits per heavy atom. The Morgan fingerprint density at radius 2 is 1.92 bits per heavy atom. The number of rotatable bonds is 3. The predicted molar refractivity (Wildman–Crippen MR) is 106 cm³/mol. The first kappa shape index (κ1) is 16.9. The van der Waals surface area contributed by atoms with Gasteiger partial charge in [-0.2, -0.15) is 0 Å². The first-order valence-corrected chi connectivity index (χ1v) is 11.1. The van der Waals surface area contributed by atoms with Crippen molar-refractivity contribution in [1.29, 1.82) is 0 Å². The maximum absolute atomic E-state index is 11.1. The van der Waals surface area contributed by atoms with Gasteiger partial charge in [0.2, 0.25) is 0 Å². The van der Waals surface area contributed by atoms with Crippen LogP contribution in [0, 0.1) is 17.0 Å². The van der Waals surface area contributed by atoms with Gasteiger partial charge in [0.05, 0.1) is 4.92 Å². The summed E-state index contributed by atoms with van der Waals surface area (Å²) in [5.41, 5.74) is 2.82. The summed E-state index contributed by atoms with van der Waals surface area (Å²) in [5, 5.41) is 11.6. The van der Waals surface area contributed by atoms with Crippen LogP contribution < -0.4 is 4.90 Å². The highest BCUT2D eigenvalue weighted by atomic mass is 32.2. The van der Waals surface area contributed by atoms with Gasteiger partial charge in [0.25, 0.3) is 5.69 Å². The Bertz CT molecular complexity index is 728. The SMILES string of the molecule is Cc1cc([N+](=O)[O-])ccc1N1C2SCC3(CCCC3)N(C3CCCC3)C21. The number of nitrogens with zero attached hydrogens (tertiary/aromatic N) is 3. The number of nitro benzene ring substituents is 1. The van der Waals surface area contributed by atoms with Gasteiger partial charge in [-0.05, 0) is 44.2 Å². The van der Waals surface area contributed by atoms with Crippen molar-refractivity contribution in [2.24, 2.45) is 0 Å². The minimum atomic E-state index is -0.292. The van der Waals surface area contributed by atoms with Crippen LogP contribution in [0.5, 0.6) is 0 Å². The monoisotopic (exact) mass is 373 g/mol. The van der Waals surface area contributed by atoms with Crippen LogP contribution in [-0.4, -0.2) is 38.7 Å². The Kier molecular flexibility index (Phi) is 3.98. The van der Waals surface area contributed by atoms with Crippen molar-refractivity contribution >= 4 is 23.1 Å². The first-order valence-electron chi connectivity index (χ1n) is 10.0. The number of non-ortho nitro benzene ring substituents is 1. The number of hydrogen-bond acceptors (Lipinski definition) is 5. The highest BCUT2D eigenvalue weighted by molar-refractivity contribution is 8.00. The van der Waals surface area contributed by atoms with Crippen LogP contribution in [0.3, 0.4) is 0 Å². The summed E-state index contributed by atoms with van der Waals surface area (Å²) in [6.07, 6.45) is 11.4. The molecule has 0 radical (unpaired) electrons. The molecule has 6 heteroatoms. The third-order valence-corrected chi connectivity index (χ3v) is 8.52. The molecular weight excluding hydrogens is 346 g/mol. The van der Waals surface area contributed by atoms with Crippen molar-refractivity contribution < 1.29 is 4.92 Å². The van der Waals surface area contributed by atoms with E-state index in [4.69, 9.17) is 0 Å². The van der Waals surface area contributed by atoms with Crippen LogP contribution in [0.4, 0.5) is 11.4 Å². The first-order chi connectivity index (χ1) is 12.6. The van der Waals surface area contributed by atoms with E-state index < -0.39 is 0 Å². The van der Waals surface area contributed by atoms with E-state index in [-0.39, 0.29) is 10.6 Å². The lowest BCUT2D eigenvalue weighted by molar-refractivity contribution is -0.384. The van der Waals surface area contributed by atoms with Crippen LogP contribution in [0.2, 0.25) is 0 Å². The summed E-state index contributed by atoms with van der Waals surface area (Å²) in [4.78, 5) is 16.2. The average Bonchev–Trinajstić information content (AvgIpc) is 3.00. The van der Waals surface area contributed by atoms with Crippen molar-refractivity contribution in [2.45, 2.75) is 81.4 Å². The van der Waals surface area contributed by atoms with Gasteiger partial charge in [0, 0.05) is 35.2 Å². The van der Waals surface area contributed by atoms with E-state index in [1.54, 1.807) is 12.1 Å². The topological polar surface area (TPSA) is 49.4 Å². The summed E-state index contributed by atoms with van der Waals surface area (Å²) in [6, 6.07) is 6.11. The summed E-state index contributed by atoms with van der Waals surface area (Å²) in [5.74, 6) is 1.26. The number of aryl methyl sites for hydroxylation is 1. The third-order valence-electron chi connectivity index (χ3n) is 7.00. The van der Waals surface area contributed by atoms with Gasteiger partial charge < -0.3 is 4.90 Å². The molecule has 2 heterocycles. The van der Waals surface area contributed by atoms with Crippen molar-refractivity contribution in [3.8, 4) is 0 Å². The average molecular weight is 374 g/mol. The number of benzene rings is 1. The van der Waals surface area contributed by atoms with Gasteiger partial charge in [-0.3, -0.25) is 15.0 Å². The molecule has 5 nitrogen and oxygen atoms in total. The van der Waals surface area contributed by atoms with Crippen molar-refractivity contribution in [3.05, 3.63) is 33.9 Å². The molecule has 26 heavy (non-hydrogen) atoms. The van der Waals surface area contributed by atoms with Crippen LogP contribution in [0.25, 0.3) is 0 Å². The lowest BCUT2D eigenvalue weighted by Crippen LogP contribution is -2.57. The molecular formula is C20H27N3O2S. The number of hydrogen-bond donors (Lipinski definition) is 0. The minimum absolute atomic E-state index is 0.198. The fourth-order valence-electron chi connectivity index (χ4n) is 5.78. The molecule has 2 aliphatic heterocycles. The van der Waals surface area contributed by atoms with E-state index in [9.17, 15) is 10.1 Å². The van der Waals surface area contributed by atoms with Crippen LogP contribution >= 0.6 is 11.8 Å². The van der Waals surface area contributed by atoms with E-state index in [2.05, 4.69) is 21.6 Å². The normalized spacial score (nSPS) is 30.7. The molecule has 4 fully saturated rings. The van der Waals surface area contributed by atoms with E-state index in [0.717, 1.165) is 11.6 Å². The molecule has 0 N–H and O–H groups in total. The predicted octanol–water partition coefficient (Wildman–Crippen LogP) is 4.68. The number of anilines is 1. The Morgan fingerprint density at radius 3 is 2.58 bits per heavy atom. The molecule has 2 saturated carbocycles. The Balaban J connectivity index is 1.47. The highest BCUT2D eigenvalue weighted by Gasteiger charge is 2.63. The van der Waals surface area contributed by atoms with E-state index in [1.165, 1.54) is 62.8 Å². The van der Waals surface area contributed by atoms with Crippen LogP contribution in [0.1, 0.15) is 56.9 Å². The smallest absolute Gasteiger partial charge is 0.269 e. The number of thioether (sulfide) groups is 1. The molecule has 4 aliphatic rings. The number of nitro groups is 1. The lowest BCUT2D eigenvalue weighted by atomic mass is 9.94. The van der Waals surface area contributed by atoms with Gasteiger partial charge in [-0.1, -0.05) is 25.7 Å². The fraction of sp³-hybridized carbons (Fsp3) is 0.700. The van der Waals surface area contributed by atoms with Gasteiger partial charge in [-0.25, -0.2) is 0 Å². The molecule has 2 atom stereocenters. The van der Waals surface area contributed by atoms with Gasteiger partial charge in [0.15, 0.2) is 0 Å². The van der Waals surface area contributed by atoms with E-state index in [1.807, 2.05) is 13.0 Å². The summed E-state index contributed by atoms with van der Waals surface area (Å²) >= 11 is 2.12. The minimum Gasteiger partial charge on any atom is -0.337 e. The lowest BCUT2D eigenvalue weighted by Gasteiger charge is -2.47. The molecule has 0 aromatic heterocycles. The molecule has 2 unspecified atom stereocenters. The van der Waals surface area contributed by atoms with Gasteiger partial charge in [0.1, 0.15) is 11.5 Å². The maximum Gasteiger partial charge on any atom is 0.269 e. The zero-order chi connectivity index (χ0) is 17.9. The van der Waals surface area contributed by atoms with Crippen LogP contribution in [-0.2, 0) is 0 Å². The molecule has 5 rings (SSSR count).